The van der Waals surface area contributed by atoms with Gasteiger partial charge in [-0.05, 0) is 31.1 Å². The number of rotatable bonds is 6. The van der Waals surface area contributed by atoms with Crippen LogP contribution in [0.3, 0.4) is 0 Å². The Balaban J connectivity index is 1.71. The summed E-state index contributed by atoms with van der Waals surface area (Å²) in [6.45, 7) is 6.80. The average Bonchev–Trinajstić information content (AvgIpc) is 2.82. The molecule has 5 nitrogen and oxygen atoms in total. The largest absolute Gasteiger partial charge is 0.381 e. The lowest BCUT2D eigenvalue weighted by Crippen LogP contribution is -2.50. The third-order valence-electron chi connectivity index (χ3n) is 4.47. The Bertz CT molecular complexity index is 327. The van der Waals surface area contributed by atoms with Crippen molar-refractivity contribution in [2.24, 2.45) is 5.41 Å². The van der Waals surface area contributed by atoms with E-state index in [1.165, 1.54) is 12.8 Å². The zero-order valence-corrected chi connectivity index (χ0v) is 12.2. The van der Waals surface area contributed by atoms with Crippen LogP contribution in [0.2, 0.25) is 0 Å². The van der Waals surface area contributed by atoms with Crippen molar-refractivity contribution in [3.63, 3.8) is 0 Å². The van der Waals surface area contributed by atoms with E-state index in [1.807, 2.05) is 0 Å². The minimum absolute atomic E-state index is 0.0787. The number of hydrogen-bond donors (Lipinski definition) is 2. The van der Waals surface area contributed by atoms with Crippen LogP contribution in [0.25, 0.3) is 0 Å². The molecule has 0 aromatic carbocycles. The van der Waals surface area contributed by atoms with Gasteiger partial charge in [-0.3, -0.25) is 0 Å². The third kappa shape index (κ3) is 3.96. The molecule has 5 heteroatoms. The van der Waals surface area contributed by atoms with Crippen LogP contribution in [0.1, 0.15) is 32.1 Å². The molecule has 2 N–H and O–H groups in total. The van der Waals surface area contributed by atoms with Crippen molar-refractivity contribution in [3.05, 3.63) is 12.7 Å². The molecule has 1 spiro atoms. The molecule has 2 aliphatic rings. The maximum Gasteiger partial charge on any atom is 0.315 e. The number of hydrogen-bond acceptors (Lipinski definition) is 3. The zero-order chi connectivity index (χ0) is 14.3. The molecule has 0 unspecified atom stereocenters. The van der Waals surface area contributed by atoms with Crippen LogP contribution in [0.5, 0.6) is 0 Å². The number of nitrogens with one attached hydrogen (secondary N) is 2. The Morgan fingerprint density at radius 1 is 1.40 bits per heavy atom. The second-order valence-corrected chi connectivity index (χ2v) is 5.68. The van der Waals surface area contributed by atoms with Gasteiger partial charge >= 0.3 is 6.03 Å². The van der Waals surface area contributed by atoms with Gasteiger partial charge in [-0.2, -0.15) is 0 Å². The molecule has 114 valence electrons. The van der Waals surface area contributed by atoms with Crippen molar-refractivity contribution < 1.29 is 14.3 Å². The molecule has 2 fully saturated rings. The van der Waals surface area contributed by atoms with Gasteiger partial charge in [0.2, 0.25) is 0 Å². The summed E-state index contributed by atoms with van der Waals surface area (Å²) < 4.78 is 10.7. The maximum absolute atomic E-state index is 11.9. The van der Waals surface area contributed by atoms with Crippen molar-refractivity contribution in [2.75, 3.05) is 33.0 Å². The molecule has 2 rings (SSSR count). The molecular formula is C15H26N2O3. The molecule has 0 aromatic rings. The number of ether oxygens (including phenoxy) is 2. The first kappa shape index (κ1) is 15.3. The zero-order valence-electron chi connectivity index (χ0n) is 12.2. The van der Waals surface area contributed by atoms with E-state index in [0.717, 1.165) is 32.5 Å². The van der Waals surface area contributed by atoms with Gasteiger partial charge in [0.05, 0.1) is 13.2 Å². The third-order valence-corrected chi connectivity index (χ3v) is 4.47. The van der Waals surface area contributed by atoms with E-state index in [9.17, 15) is 4.79 Å². The van der Waals surface area contributed by atoms with Crippen LogP contribution in [0.4, 0.5) is 4.79 Å². The maximum atomic E-state index is 11.9. The lowest BCUT2D eigenvalue weighted by molar-refractivity contribution is 0.00621. The highest BCUT2D eigenvalue weighted by Crippen LogP contribution is 2.45. The van der Waals surface area contributed by atoms with Gasteiger partial charge in [0, 0.05) is 25.8 Å². The average molecular weight is 282 g/mol. The second kappa shape index (κ2) is 7.64. The van der Waals surface area contributed by atoms with Crippen molar-refractivity contribution in [1.82, 2.24) is 10.6 Å². The highest BCUT2D eigenvalue weighted by molar-refractivity contribution is 5.74. The molecule has 1 heterocycles. The summed E-state index contributed by atoms with van der Waals surface area (Å²) >= 11 is 0. The summed E-state index contributed by atoms with van der Waals surface area (Å²) in [6, 6.07) is 0.213. The molecule has 0 aromatic heterocycles. The van der Waals surface area contributed by atoms with Crippen molar-refractivity contribution in [1.29, 1.82) is 0 Å². The normalized spacial score (nSPS) is 24.5. The molecule has 1 aliphatic heterocycles. The lowest BCUT2D eigenvalue weighted by atomic mass is 9.75. The highest BCUT2D eigenvalue weighted by Gasteiger charge is 2.44. The SMILES string of the molecule is C=CCOCCNC(=O)N[C@@H]1CCCC12CCOCC2. The van der Waals surface area contributed by atoms with Crippen molar-refractivity contribution in [2.45, 2.75) is 38.1 Å². The first-order chi connectivity index (χ1) is 9.77. The van der Waals surface area contributed by atoms with Gasteiger partial charge < -0.3 is 20.1 Å². The lowest BCUT2D eigenvalue weighted by Gasteiger charge is -2.39. The van der Waals surface area contributed by atoms with E-state index in [1.54, 1.807) is 6.08 Å². The fourth-order valence-corrected chi connectivity index (χ4v) is 3.35. The molecular weight excluding hydrogens is 256 g/mol. The Morgan fingerprint density at radius 3 is 2.95 bits per heavy atom. The van der Waals surface area contributed by atoms with Gasteiger partial charge in [-0.15, -0.1) is 6.58 Å². The van der Waals surface area contributed by atoms with Gasteiger partial charge in [0.25, 0.3) is 0 Å². The van der Waals surface area contributed by atoms with Crippen LogP contribution in [-0.4, -0.2) is 45.0 Å². The minimum Gasteiger partial charge on any atom is -0.381 e. The fourth-order valence-electron chi connectivity index (χ4n) is 3.35. The summed E-state index contributed by atoms with van der Waals surface area (Å²) in [7, 11) is 0. The fraction of sp³-hybridized carbons (Fsp3) is 0.800. The predicted molar refractivity (Wildman–Crippen MR) is 77.7 cm³/mol. The summed E-state index contributed by atoms with van der Waals surface area (Å²) in [5.41, 5.74) is 0.273. The molecule has 1 saturated heterocycles. The summed E-state index contributed by atoms with van der Waals surface area (Å²) in [5, 5.41) is 6.00. The van der Waals surface area contributed by atoms with Crippen LogP contribution < -0.4 is 10.6 Å². The Labute approximate surface area is 121 Å². The quantitative estimate of drug-likeness (QED) is 0.577. The van der Waals surface area contributed by atoms with Gasteiger partial charge in [-0.25, -0.2) is 4.79 Å². The van der Waals surface area contributed by atoms with E-state index >= 15 is 0 Å². The summed E-state index contributed by atoms with van der Waals surface area (Å²) in [4.78, 5) is 11.9. The Morgan fingerprint density at radius 2 is 2.20 bits per heavy atom. The predicted octanol–water partition coefficient (Wildman–Crippen LogP) is 1.84. The standard InChI is InChI=1S/C15H26N2O3/c1-2-9-19-12-8-16-14(18)17-13-4-3-5-15(13)6-10-20-11-7-15/h2,13H,1,3-12H2,(H2,16,17,18)/t13-/m1/s1. The molecule has 20 heavy (non-hydrogen) atoms. The van der Waals surface area contributed by atoms with Crippen molar-refractivity contribution in [3.8, 4) is 0 Å². The van der Waals surface area contributed by atoms with E-state index in [-0.39, 0.29) is 11.4 Å². The van der Waals surface area contributed by atoms with Crippen LogP contribution in [0, 0.1) is 5.41 Å². The molecule has 1 atom stereocenters. The van der Waals surface area contributed by atoms with Crippen LogP contribution in [-0.2, 0) is 9.47 Å². The number of amides is 2. The summed E-state index contributed by atoms with van der Waals surface area (Å²) in [6.07, 6.45) is 7.34. The summed E-state index contributed by atoms with van der Waals surface area (Å²) in [5.74, 6) is 0. The Hall–Kier alpha value is -1.07. The number of urea groups is 1. The van der Waals surface area contributed by atoms with Gasteiger partial charge in [0.1, 0.15) is 0 Å². The van der Waals surface area contributed by atoms with E-state index < -0.39 is 0 Å². The van der Waals surface area contributed by atoms with Gasteiger partial charge in [-0.1, -0.05) is 12.5 Å². The molecule has 0 radical (unpaired) electrons. The van der Waals surface area contributed by atoms with E-state index in [2.05, 4.69) is 17.2 Å². The van der Waals surface area contributed by atoms with E-state index in [4.69, 9.17) is 9.47 Å². The van der Waals surface area contributed by atoms with Crippen molar-refractivity contribution >= 4 is 6.03 Å². The number of carbonyl (C=O) groups excluding carboxylic acids is 1. The molecule has 1 aliphatic carbocycles. The molecule has 1 saturated carbocycles. The molecule has 0 bridgehead atoms. The topological polar surface area (TPSA) is 59.6 Å². The van der Waals surface area contributed by atoms with Gasteiger partial charge in [0.15, 0.2) is 0 Å². The highest BCUT2D eigenvalue weighted by atomic mass is 16.5. The second-order valence-electron chi connectivity index (χ2n) is 5.68. The van der Waals surface area contributed by atoms with Crippen LogP contribution in [0.15, 0.2) is 12.7 Å². The monoisotopic (exact) mass is 282 g/mol. The van der Waals surface area contributed by atoms with Crippen LogP contribution >= 0.6 is 0 Å². The first-order valence-corrected chi connectivity index (χ1v) is 7.58. The smallest absolute Gasteiger partial charge is 0.315 e. The molecule has 2 amide bonds. The Kier molecular flexibility index (Phi) is 5.86. The van der Waals surface area contributed by atoms with E-state index in [0.29, 0.717) is 25.8 Å². The minimum atomic E-state index is -0.0787. The first-order valence-electron chi connectivity index (χ1n) is 7.58. The number of carbonyl (C=O) groups is 1.